The Labute approximate surface area is 124 Å². The normalized spacial score (nSPS) is 12.7. The fourth-order valence-corrected chi connectivity index (χ4v) is 2.45. The maximum Gasteiger partial charge on any atom is 0.119 e. The predicted molar refractivity (Wildman–Crippen MR) is 86.4 cm³/mol. The molecular weight excluding hydrogens is 248 g/mol. The average molecular weight is 278 g/mol. The van der Waals surface area contributed by atoms with Crippen molar-refractivity contribution in [2.24, 2.45) is 0 Å². The maximum atomic E-state index is 5.51. The molecule has 1 aromatic carbocycles. The molecule has 0 spiro atoms. The highest BCUT2D eigenvalue weighted by molar-refractivity contribution is 5.29. The van der Waals surface area contributed by atoms with Crippen LogP contribution in [-0.4, -0.2) is 37.7 Å². The maximum absolute atomic E-state index is 5.51. The van der Waals surface area contributed by atoms with Gasteiger partial charge in [0.25, 0.3) is 0 Å². The zero-order valence-corrected chi connectivity index (χ0v) is 13.5. The summed E-state index contributed by atoms with van der Waals surface area (Å²) < 4.78 is 5.51. The van der Waals surface area contributed by atoms with Crippen LogP contribution in [0.5, 0.6) is 5.75 Å². The van der Waals surface area contributed by atoms with Crippen LogP contribution in [0.1, 0.15) is 45.7 Å². The smallest absolute Gasteiger partial charge is 0.119 e. The Morgan fingerprint density at radius 2 is 1.80 bits per heavy atom. The van der Waals surface area contributed by atoms with Crippen molar-refractivity contribution in [3.8, 4) is 5.75 Å². The molecule has 3 nitrogen and oxygen atoms in total. The highest BCUT2D eigenvalue weighted by atomic mass is 16.5. The van der Waals surface area contributed by atoms with E-state index in [-0.39, 0.29) is 0 Å². The van der Waals surface area contributed by atoms with Gasteiger partial charge in [-0.3, -0.25) is 0 Å². The molecule has 1 N–H and O–H groups in total. The zero-order chi connectivity index (χ0) is 14.8. The average Bonchev–Trinajstić information content (AvgIpc) is 2.47. The standard InChI is InChI=1S/C17H30N2O/c1-5-13-19(7-3)14-17(18-6-2)15-9-11-16(12-10-15)20-8-4/h9-12,17-18H,5-8,13-14H2,1-4H3. The summed E-state index contributed by atoms with van der Waals surface area (Å²) in [6.07, 6.45) is 1.20. The Morgan fingerprint density at radius 1 is 1.10 bits per heavy atom. The molecule has 0 aliphatic heterocycles. The lowest BCUT2D eigenvalue weighted by molar-refractivity contribution is 0.255. The fourth-order valence-electron chi connectivity index (χ4n) is 2.45. The molecule has 0 bridgehead atoms. The van der Waals surface area contributed by atoms with Crippen LogP contribution in [0.4, 0.5) is 0 Å². The summed E-state index contributed by atoms with van der Waals surface area (Å²) in [4.78, 5) is 2.50. The summed E-state index contributed by atoms with van der Waals surface area (Å²) in [6.45, 7) is 13.7. The number of benzene rings is 1. The number of ether oxygens (including phenoxy) is 1. The quantitative estimate of drug-likeness (QED) is 0.709. The molecule has 0 amide bonds. The summed E-state index contributed by atoms with van der Waals surface area (Å²) in [5.41, 5.74) is 1.34. The van der Waals surface area contributed by atoms with E-state index in [1.54, 1.807) is 0 Å². The van der Waals surface area contributed by atoms with Gasteiger partial charge in [-0.2, -0.15) is 0 Å². The molecule has 1 rings (SSSR count). The minimum Gasteiger partial charge on any atom is -0.494 e. The predicted octanol–water partition coefficient (Wildman–Crippen LogP) is 3.47. The monoisotopic (exact) mass is 278 g/mol. The third kappa shape index (κ3) is 5.51. The summed E-state index contributed by atoms with van der Waals surface area (Å²) in [5, 5.41) is 3.59. The van der Waals surface area contributed by atoms with Crippen LogP contribution in [0.15, 0.2) is 24.3 Å². The minimum absolute atomic E-state index is 0.391. The number of hydrogen-bond acceptors (Lipinski definition) is 3. The van der Waals surface area contributed by atoms with E-state index >= 15 is 0 Å². The van der Waals surface area contributed by atoms with Crippen LogP contribution in [0.25, 0.3) is 0 Å². The van der Waals surface area contributed by atoms with Crippen molar-refractivity contribution in [3.05, 3.63) is 29.8 Å². The molecule has 0 aromatic heterocycles. The molecule has 1 aromatic rings. The Hall–Kier alpha value is -1.06. The second-order valence-corrected chi connectivity index (χ2v) is 5.01. The molecule has 0 heterocycles. The van der Waals surface area contributed by atoms with E-state index in [9.17, 15) is 0 Å². The van der Waals surface area contributed by atoms with Gasteiger partial charge in [0.05, 0.1) is 6.61 Å². The molecule has 0 radical (unpaired) electrons. The third-order valence-electron chi connectivity index (χ3n) is 3.47. The molecule has 3 heteroatoms. The molecule has 0 aliphatic carbocycles. The molecule has 0 fully saturated rings. The lowest BCUT2D eigenvalue weighted by Crippen LogP contribution is -2.35. The zero-order valence-electron chi connectivity index (χ0n) is 13.5. The van der Waals surface area contributed by atoms with Crippen molar-refractivity contribution in [2.45, 2.75) is 40.2 Å². The fraction of sp³-hybridized carbons (Fsp3) is 0.647. The lowest BCUT2D eigenvalue weighted by atomic mass is 10.1. The van der Waals surface area contributed by atoms with Gasteiger partial charge in [0.15, 0.2) is 0 Å². The minimum atomic E-state index is 0.391. The third-order valence-corrected chi connectivity index (χ3v) is 3.47. The van der Waals surface area contributed by atoms with Crippen LogP contribution in [0.2, 0.25) is 0 Å². The van der Waals surface area contributed by atoms with Crippen molar-refractivity contribution < 1.29 is 4.74 Å². The Kier molecular flexibility index (Phi) is 8.31. The first-order valence-electron chi connectivity index (χ1n) is 7.93. The number of nitrogens with zero attached hydrogens (tertiary/aromatic N) is 1. The van der Waals surface area contributed by atoms with Crippen LogP contribution in [-0.2, 0) is 0 Å². The van der Waals surface area contributed by atoms with Gasteiger partial charge >= 0.3 is 0 Å². The van der Waals surface area contributed by atoms with E-state index in [1.165, 1.54) is 12.0 Å². The van der Waals surface area contributed by atoms with E-state index in [0.29, 0.717) is 6.04 Å². The van der Waals surface area contributed by atoms with Crippen LogP contribution >= 0.6 is 0 Å². The summed E-state index contributed by atoms with van der Waals surface area (Å²) >= 11 is 0. The van der Waals surface area contributed by atoms with Gasteiger partial charge in [-0.15, -0.1) is 0 Å². The highest BCUT2D eigenvalue weighted by Gasteiger charge is 2.14. The van der Waals surface area contributed by atoms with Crippen LogP contribution in [0.3, 0.4) is 0 Å². The molecule has 0 saturated heterocycles. The van der Waals surface area contributed by atoms with Gasteiger partial charge in [-0.25, -0.2) is 0 Å². The number of rotatable bonds is 10. The molecule has 0 aliphatic rings. The molecule has 1 unspecified atom stereocenters. The van der Waals surface area contributed by atoms with Gasteiger partial charge < -0.3 is 15.0 Å². The number of nitrogens with one attached hydrogen (secondary N) is 1. The van der Waals surface area contributed by atoms with Crippen molar-refractivity contribution in [1.82, 2.24) is 10.2 Å². The van der Waals surface area contributed by atoms with E-state index in [2.05, 4.69) is 55.3 Å². The molecule has 114 valence electrons. The second-order valence-electron chi connectivity index (χ2n) is 5.01. The summed E-state index contributed by atoms with van der Waals surface area (Å²) in [6, 6.07) is 8.89. The van der Waals surface area contributed by atoms with Crippen LogP contribution in [0, 0.1) is 0 Å². The van der Waals surface area contributed by atoms with Crippen LogP contribution < -0.4 is 10.1 Å². The molecular formula is C17H30N2O. The SMILES string of the molecule is CCCN(CC)CC(NCC)c1ccc(OCC)cc1. The van der Waals surface area contributed by atoms with Crippen molar-refractivity contribution in [1.29, 1.82) is 0 Å². The first kappa shape index (κ1) is 17.0. The molecule has 1 atom stereocenters. The van der Waals surface area contributed by atoms with Gasteiger partial charge in [0, 0.05) is 12.6 Å². The first-order valence-corrected chi connectivity index (χ1v) is 7.93. The van der Waals surface area contributed by atoms with Crippen molar-refractivity contribution in [3.63, 3.8) is 0 Å². The second kappa shape index (κ2) is 9.78. The summed E-state index contributed by atoms with van der Waals surface area (Å²) in [5.74, 6) is 0.951. The number of hydrogen-bond donors (Lipinski definition) is 1. The number of likely N-dealkylation sites (N-methyl/N-ethyl adjacent to an activating group) is 2. The molecule has 20 heavy (non-hydrogen) atoms. The van der Waals surface area contributed by atoms with E-state index in [1.807, 2.05) is 6.92 Å². The summed E-state index contributed by atoms with van der Waals surface area (Å²) in [7, 11) is 0. The first-order chi connectivity index (χ1) is 9.74. The van der Waals surface area contributed by atoms with E-state index in [0.717, 1.165) is 38.5 Å². The Bertz CT molecular complexity index is 351. The van der Waals surface area contributed by atoms with Gasteiger partial charge in [0.2, 0.25) is 0 Å². The Morgan fingerprint density at radius 3 is 2.30 bits per heavy atom. The van der Waals surface area contributed by atoms with Gasteiger partial charge in [-0.1, -0.05) is 32.9 Å². The van der Waals surface area contributed by atoms with Gasteiger partial charge in [-0.05, 0) is 50.7 Å². The highest BCUT2D eigenvalue weighted by Crippen LogP contribution is 2.19. The molecule has 0 saturated carbocycles. The van der Waals surface area contributed by atoms with Gasteiger partial charge in [0.1, 0.15) is 5.75 Å². The topological polar surface area (TPSA) is 24.5 Å². The van der Waals surface area contributed by atoms with Crippen molar-refractivity contribution in [2.75, 3.05) is 32.8 Å². The Balaban J connectivity index is 2.73. The van der Waals surface area contributed by atoms with E-state index < -0.39 is 0 Å². The largest absolute Gasteiger partial charge is 0.494 e. The lowest BCUT2D eigenvalue weighted by Gasteiger charge is -2.27. The van der Waals surface area contributed by atoms with E-state index in [4.69, 9.17) is 4.74 Å². The van der Waals surface area contributed by atoms with Crippen molar-refractivity contribution >= 4 is 0 Å².